The number of hydrogen-bond acceptors (Lipinski definition) is 4. The molecule has 2 N–H and O–H groups in total. The Bertz CT molecular complexity index is 550. The SMILES string of the molecule is CC1NCc2cc(S(=O)(=O)O)ccc2C1=O. The van der Waals surface area contributed by atoms with Crippen LogP contribution in [-0.4, -0.2) is 24.8 Å². The molecule has 0 bridgehead atoms. The van der Waals surface area contributed by atoms with Crippen molar-refractivity contribution < 1.29 is 17.8 Å². The summed E-state index contributed by atoms with van der Waals surface area (Å²) < 4.78 is 30.7. The third kappa shape index (κ3) is 1.87. The minimum Gasteiger partial charge on any atom is -0.303 e. The molecule has 86 valence electrons. The van der Waals surface area contributed by atoms with Crippen LogP contribution < -0.4 is 5.32 Å². The molecular formula is C10H11NO4S. The predicted molar refractivity (Wildman–Crippen MR) is 56.9 cm³/mol. The summed E-state index contributed by atoms with van der Waals surface area (Å²) in [7, 11) is -4.21. The summed E-state index contributed by atoms with van der Waals surface area (Å²) in [5.41, 5.74) is 1.11. The maximum Gasteiger partial charge on any atom is 0.294 e. The van der Waals surface area contributed by atoms with Crippen LogP contribution in [0.2, 0.25) is 0 Å². The molecule has 5 nitrogen and oxygen atoms in total. The van der Waals surface area contributed by atoms with Crippen molar-refractivity contribution in [1.29, 1.82) is 0 Å². The number of Topliss-reactive ketones (excluding diaryl/α,β-unsaturated/α-hetero) is 1. The second-order valence-corrected chi connectivity index (χ2v) is 5.18. The second kappa shape index (κ2) is 3.65. The molecule has 1 aromatic carbocycles. The minimum atomic E-state index is -4.21. The molecule has 1 aliphatic heterocycles. The summed E-state index contributed by atoms with van der Waals surface area (Å²) in [5, 5.41) is 2.94. The van der Waals surface area contributed by atoms with Crippen molar-refractivity contribution in [3.05, 3.63) is 29.3 Å². The van der Waals surface area contributed by atoms with Crippen molar-refractivity contribution in [2.24, 2.45) is 0 Å². The Balaban J connectivity index is 2.54. The van der Waals surface area contributed by atoms with Crippen LogP contribution in [0, 0.1) is 0 Å². The van der Waals surface area contributed by atoms with Crippen molar-refractivity contribution in [3.8, 4) is 0 Å². The van der Waals surface area contributed by atoms with Crippen LogP contribution in [0.5, 0.6) is 0 Å². The number of rotatable bonds is 1. The van der Waals surface area contributed by atoms with E-state index in [0.29, 0.717) is 17.7 Å². The number of hydrogen-bond donors (Lipinski definition) is 2. The van der Waals surface area contributed by atoms with E-state index in [-0.39, 0.29) is 16.7 Å². The molecule has 0 radical (unpaired) electrons. The number of carbonyl (C=O) groups excluding carboxylic acids is 1. The average molecular weight is 241 g/mol. The maximum atomic E-state index is 11.7. The molecule has 1 atom stereocenters. The molecule has 0 spiro atoms. The van der Waals surface area contributed by atoms with E-state index in [2.05, 4.69) is 5.32 Å². The Morgan fingerprint density at radius 3 is 2.75 bits per heavy atom. The summed E-state index contributed by atoms with van der Waals surface area (Å²) in [6, 6.07) is 3.74. The van der Waals surface area contributed by atoms with E-state index in [1.165, 1.54) is 18.2 Å². The summed E-state index contributed by atoms with van der Waals surface area (Å²) in [6.45, 7) is 2.17. The first-order chi connectivity index (χ1) is 7.39. The van der Waals surface area contributed by atoms with Crippen LogP contribution in [-0.2, 0) is 16.7 Å². The van der Waals surface area contributed by atoms with E-state index in [0.717, 1.165) is 0 Å². The lowest BCUT2D eigenvalue weighted by atomic mass is 9.95. The maximum absolute atomic E-state index is 11.7. The fraction of sp³-hybridized carbons (Fsp3) is 0.300. The van der Waals surface area contributed by atoms with E-state index in [4.69, 9.17) is 4.55 Å². The minimum absolute atomic E-state index is 0.0665. The van der Waals surface area contributed by atoms with Gasteiger partial charge in [-0.05, 0) is 30.7 Å². The molecule has 1 aromatic rings. The van der Waals surface area contributed by atoms with Crippen molar-refractivity contribution in [1.82, 2.24) is 5.32 Å². The Hall–Kier alpha value is -1.24. The highest BCUT2D eigenvalue weighted by Crippen LogP contribution is 2.20. The summed E-state index contributed by atoms with van der Waals surface area (Å²) in [4.78, 5) is 11.5. The summed E-state index contributed by atoms with van der Waals surface area (Å²) in [6.07, 6.45) is 0. The van der Waals surface area contributed by atoms with E-state index in [9.17, 15) is 13.2 Å². The zero-order chi connectivity index (χ0) is 11.9. The fourth-order valence-corrected chi connectivity index (χ4v) is 2.24. The smallest absolute Gasteiger partial charge is 0.294 e. The Kier molecular flexibility index (Phi) is 2.57. The third-order valence-corrected chi connectivity index (χ3v) is 3.48. The van der Waals surface area contributed by atoms with Gasteiger partial charge in [0.1, 0.15) is 0 Å². The Morgan fingerprint density at radius 2 is 2.12 bits per heavy atom. The monoisotopic (exact) mass is 241 g/mol. The highest BCUT2D eigenvalue weighted by molar-refractivity contribution is 7.85. The lowest BCUT2D eigenvalue weighted by Gasteiger charge is -2.21. The van der Waals surface area contributed by atoms with Gasteiger partial charge in [0.25, 0.3) is 10.1 Å². The van der Waals surface area contributed by atoms with Crippen molar-refractivity contribution in [3.63, 3.8) is 0 Å². The molecule has 0 amide bonds. The van der Waals surface area contributed by atoms with Gasteiger partial charge >= 0.3 is 0 Å². The largest absolute Gasteiger partial charge is 0.303 e. The number of carbonyl (C=O) groups is 1. The molecule has 1 heterocycles. The topological polar surface area (TPSA) is 83.5 Å². The van der Waals surface area contributed by atoms with Crippen LogP contribution in [0.3, 0.4) is 0 Å². The molecule has 2 rings (SSSR count). The molecule has 0 aromatic heterocycles. The van der Waals surface area contributed by atoms with Gasteiger partial charge in [0, 0.05) is 12.1 Å². The van der Waals surface area contributed by atoms with Crippen molar-refractivity contribution in [2.75, 3.05) is 0 Å². The van der Waals surface area contributed by atoms with E-state index in [1.807, 2.05) is 0 Å². The van der Waals surface area contributed by atoms with Crippen LogP contribution >= 0.6 is 0 Å². The number of ketones is 1. The van der Waals surface area contributed by atoms with Gasteiger partial charge in [0.2, 0.25) is 0 Å². The predicted octanol–water partition coefficient (Wildman–Crippen LogP) is 0.608. The average Bonchev–Trinajstić information content (AvgIpc) is 2.22. The van der Waals surface area contributed by atoms with Gasteiger partial charge in [-0.15, -0.1) is 0 Å². The first-order valence-electron chi connectivity index (χ1n) is 4.77. The molecular weight excluding hydrogens is 230 g/mol. The number of nitrogens with one attached hydrogen (secondary N) is 1. The second-order valence-electron chi connectivity index (χ2n) is 3.76. The number of fused-ring (bicyclic) bond motifs is 1. The lowest BCUT2D eigenvalue weighted by molar-refractivity contribution is 0.0939. The summed E-state index contributed by atoms with van der Waals surface area (Å²) >= 11 is 0. The van der Waals surface area contributed by atoms with Gasteiger partial charge in [0.15, 0.2) is 5.78 Å². The zero-order valence-electron chi connectivity index (χ0n) is 8.60. The van der Waals surface area contributed by atoms with Gasteiger partial charge in [-0.25, -0.2) is 0 Å². The quantitative estimate of drug-likeness (QED) is 0.704. The molecule has 0 fully saturated rings. The highest BCUT2D eigenvalue weighted by atomic mass is 32.2. The zero-order valence-corrected chi connectivity index (χ0v) is 9.41. The molecule has 16 heavy (non-hydrogen) atoms. The van der Waals surface area contributed by atoms with Crippen molar-refractivity contribution in [2.45, 2.75) is 24.4 Å². The standard InChI is InChI=1S/C10H11NO4S/c1-6-10(12)9-3-2-8(16(13,14)15)4-7(9)5-11-6/h2-4,6,11H,5H2,1H3,(H,13,14,15). The fourth-order valence-electron chi connectivity index (χ4n) is 1.71. The van der Waals surface area contributed by atoms with Crippen LogP contribution in [0.15, 0.2) is 23.1 Å². The van der Waals surface area contributed by atoms with Gasteiger partial charge in [-0.2, -0.15) is 8.42 Å². The normalized spacial score (nSPS) is 20.6. The van der Waals surface area contributed by atoms with Crippen LogP contribution in [0.4, 0.5) is 0 Å². The number of benzene rings is 1. The molecule has 0 aliphatic carbocycles. The first kappa shape index (κ1) is 11.3. The van der Waals surface area contributed by atoms with Gasteiger partial charge < -0.3 is 5.32 Å². The van der Waals surface area contributed by atoms with E-state index < -0.39 is 10.1 Å². The van der Waals surface area contributed by atoms with Gasteiger partial charge in [-0.1, -0.05) is 0 Å². The lowest BCUT2D eigenvalue weighted by Crippen LogP contribution is -2.38. The van der Waals surface area contributed by atoms with Crippen molar-refractivity contribution >= 4 is 15.9 Å². The van der Waals surface area contributed by atoms with E-state index >= 15 is 0 Å². The highest BCUT2D eigenvalue weighted by Gasteiger charge is 2.24. The van der Waals surface area contributed by atoms with Crippen LogP contribution in [0.1, 0.15) is 22.8 Å². The van der Waals surface area contributed by atoms with Gasteiger partial charge in [0.05, 0.1) is 10.9 Å². The molecule has 1 aliphatic rings. The van der Waals surface area contributed by atoms with E-state index in [1.54, 1.807) is 6.92 Å². The first-order valence-corrected chi connectivity index (χ1v) is 6.21. The molecule has 6 heteroatoms. The molecule has 0 saturated heterocycles. The molecule has 0 saturated carbocycles. The van der Waals surface area contributed by atoms with Crippen LogP contribution in [0.25, 0.3) is 0 Å². The Labute approximate surface area is 93.2 Å². The molecule has 1 unspecified atom stereocenters. The Morgan fingerprint density at radius 1 is 1.44 bits per heavy atom. The van der Waals surface area contributed by atoms with Gasteiger partial charge in [-0.3, -0.25) is 9.35 Å². The summed E-state index contributed by atoms with van der Waals surface area (Å²) in [5.74, 6) is -0.0665. The third-order valence-electron chi connectivity index (χ3n) is 2.63.